The summed E-state index contributed by atoms with van der Waals surface area (Å²) in [6.07, 6.45) is 1.47. The normalized spacial score (nSPS) is 14.0. The Kier molecular flexibility index (Phi) is 5.72. The van der Waals surface area contributed by atoms with Crippen LogP contribution in [0.4, 0.5) is 4.39 Å². The van der Waals surface area contributed by atoms with Gasteiger partial charge in [-0.15, -0.1) is 10.2 Å². The van der Waals surface area contributed by atoms with Gasteiger partial charge in [-0.1, -0.05) is 0 Å². The molecule has 2 aromatic heterocycles. The molecule has 0 unspecified atom stereocenters. The number of aryl methyl sites for hydroxylation is 1. The number of hydrogen-bond donors (Lipinski definition) is 1. The van der Waals surface area contributed by atoms with E-state index in [-0.39, 0.29) is 35.4 Å². The average molecular weight is 424 g/mol. The van der Waals surface area contributed by atoms with E-state index in [9.17, 15) is 9.18 Å². The number of benzene rings is 1. The highest BCUT2D eigenvalue weighted by molar-refractivity contribution is 6.00. The molecule has 1 aromatic carbocycles. The molecule has 2 N–H and O–H groups in total. The van der Waals surface area contributed by atoms with Crippen LogP contribution in [0.3, 0.4) is 0 Å². The first-order chi connectivity index (χ1) is 14.9. The second-order valence-corrected chi connectivity index (χ2v) is 7.03. The summed E-state index contributed by atoms with van der Waals surface area (Å²) in [5, 5.41) is 8.35. The van der Waals surface area contributed by atoms with Crippen LogP contribution in [0.15, 0.2) is 36.0 Å². The number of aromatic nitrogens is 5. The summed E-state index contributed by atoms with van der Waals surface area (Å²) in [6.45, 7) is 4.74. The molecule has 9 nitrogen and oxygen atoms in total. The standard InChI is InChI=1S/C21H21FN6O3/c1-12-20(21-27-26-17-11-30-8-7-28(17)21)24-9-18(25-12)31-10-16(13(2)29)19(23)14-3-5-15(22)6-4-14/h3-6,9H,7-8,10-11,23H2,1-2H3/b19-16-. The monoisotopic (exact) mass is 424 g/mol. The highest BCUT2D eigenvalue weighted by Gasteiger charge is 2.21. The van der Waals surface area contributed by atoms with E-state index in [4.69, 9.17) is 15.2 Å². The third kappa shape index (κ3) is 4.29. The van der Waals surface area contributed by atoms with Gasteiger partial charge in [0, 0.05) is 12.2 Å². The first kappa shape index (κ1) is 20.6. The fraction of sp³-hybridized carbons (Fsp3) is 0.286. The molecule has 0 spiro atoms. The number of ketones is 1. The molecule has 0 saturated carbocycles. The number of halogens is 1. The minimum absolute atomic E-state index is 0.0936. The molecule has 0 radical (unpaired) electrons. The maximum atomic E-state index is 13.2. The second-order valence-electron chi connectivity index (χ2n) is 7.03. The van der Waals surface area contributed by atoms with E-state index in [1.165, 1.54) is 37.4 Å². The zero-order valence-electron chi connectivity index (χ0n) is 17.1. The fourth-order valence-corrected chi connectivity index (χ4v) is 3.24. The van der Waals surface area contributed by atoms with Crippen LogP contribution in [0.5, 0.6) is 5.88 Å². The van der Waals surface area contributed by atoms with Crippen molar-refractivity contribution < 1.29 is 18.7 Å². The minimum atomic E-state index is -0.385. The Hall–Kier alpha value is -3.66. The Balaban J connectivity index is 1.55. The van der Waals surface area contributed by atoms with E-state index in [1.54, 1.807) is 6.92 Å². The quantitative estimate of drug-likeness (QED) is 0.598. The predicted molar refractivity (Wildman–Crippen MR) is 109 cm³/mol. The van der Waals surface area contributed by atoms with Crippen LogP contribution in [-0.2, 0) is 22.7 Å². The molecule has 0 fully saturated rings. The zero-order chi connectivity index (χ0) is 22.0. The van der Waals surface area contributed by atoms with Gasteiger partial charge in [0.05, 0.1) is 24.1 Å². The van der Waals surface area contributed by atoms with Crippen molar-refractivity contribution in [3.63, 3.8) is 0 Å². The van der Waals surface area contributed by atoms with Crippen LogP contribution in [-0.4, -0.2) is 43.7 Å². The smallest absolute Gasteiger partial charge is 0.232 e. The lowest BCUT2D eigenvalue weighted by molar-refractivity contribution is -0.113. The molecular formula is C21H21FN6O3. The van der Waals surface area contributed by atoms with Crippen LogP contribution in [0.1, 0.15) is 24.0 Å². The number of rotatable bonds is 6. The van der Waals surface area contributed by atoms with Gasteiger partial charge in [-0.25, -0.2) is 14.4 Å². The van der Waals surface area contributed by atoms with Crippen molar-refractivity contribution >= 4 is 11.5 Å². The van der Waals surface area contributed by atoms with Gasteiger partial charge in [-0.05, 0) is 43.7 Å². The van der Waals surface area contributed by atoms with Gasteiger partial charge >= 0.3 is 0 Å². The molecule has 0 aliphatic carbocycles. The first-order valence-corrected chi connectivity index (χ1v) is 9.66. The third-order valence-corrected chi connectivity index (χ3v) is 4.92. The number of Topliss-reactive ketones (excluding diaryl/α,β-unsaturated/α-hetero) is 1. The van der Waals surface area contributed by atoms with Gasteiger partial charge in [-0.2, -0.15) is 0 Å². The van der Waals surface area contributed by atoms with Crippen LogP contribution in [0.25, 0.3) is 17.2 Å². The van der Waals surface area contributed by atoms with Crippen LogP contribution >= 0.6 is 0 Å². The molecule has 1 aliphatic heterocycles. The minimum Gasteiger partial charge on any atom is -0.471 e. The van der Waals surface area contributed by atoms with Crippen molar-refractivity contribution in [2.24, 2.45) is 5.73 Å². The van der Waals surface area contributed by atoms with Crippen molar-refractivity contribution in [3.8, 4) is 17.4 Å². The zero-order valence-corrected chi connectivity index (χ0v) is 17.1. The molecule has 4 rings (SSSR count). The predicted octanol–water partition coefficient (Wildman–Crippen LogP) is 2.05. The summed E-state index contributed by atoms with van der Waals surface area (Å²) in [4.78, 5) is 21.0. The lowest BCUT2D eigenvalue weighted by Gasteiger charge is -2.16. The molecule has 0 atom stereocenters. The molecule has 3 aromatic rings. The van der Waals surface area contributed by atoms with E-state index in [0.717, 1.165) is 5.82 Å². The molecule has 0 amide bonds. The van der Waals surface area contributed by atoms with Crippen molar-refractivity contribution in [1.82, 2.24) is 24.7 Å². The van der Waals surface area contributed by atoms with Gasteiger partial charge < -0.3 is 19.8 Å². The maximum Gasteiger partial charge on any atom is 0.232 e. The Morgan fingerprint density at radius 1 is 1.29 bits per heavy atom. The highest BCUT2D eigenvalue weighted by atomic mass is 19.1. The number of fused-ring (bicyclic) bond motifs is 1. The fourth-order valence-electron chi connectivity index (χ4n) is 3.24. The van der Waals surface area contributed by atoms with Gasteiger partial charge in [0.2, 0.25) is 5.88 Å². The van der Waals surface area contributed by atoms with E-state index < -0.39 is 0 Å². The van der Waals surface area contributed by atoms with Gasteiger partial charge in [0.25, 0.3) is 0 Å². The van der Waals surface area contributed by atoms with Crippen LogP contribution in [0, 0.1) is 12.7 Å². The SMILES string of the molecule is CC(=O)/C(COc1cnc(-c2nnc3n2CCOC3)c(C)n1)=C(\N)c1ccc(F)cc1. The Morgan fingerprint density at radius 2 is 2.06 bits per heavy atom. The largest absolute Gasteiger partial charge is 0.471 e. The van der Waals surface area contributed by atoms with E-state index in [2.05, 4.69) is 20.2 Å². The lowest BCUT2D eigenvalue weighted by Crippen LogP contribution is -2.18. The van der Waals surface area contributed by atoms with Gasteiger partial charge in [-0.3, -0.25) is 4.79 Å². The van der Waals surface area contributed by atoms with E-state index in [0.29, 0.717) is 42.5 Å². The molecule has 160 valence electrons. The molecule has 0 bridgehead atoms. The number of carbonyl (C=O) groups excluding carboxylic acids is 1. The highest BCUT2D eigenvalue weighted by Crippen LogP contribution is 2.23. The molecule has 31 heavy (non-hydrogen) atoms. The van der Waals surface area contributed by atoms with Crippen molar-refractivity contribution in [2.75, 3.05) is 13.2 Å². The van der Waals surface area contributed by atoms with Crippen molar-refractivity contribution in [2.45, 2.75) is 27.0 Å². The summed E-state index contributed by atoms with van der Waals surface area (Å²) in [7, 11) is 0. The topological polar surface area (TPSA) is 118 Å². The first-order valence-electron chi connectivity index (χ1n) is 9.66. The summed E-state index contributed by atoms with van der Waals surface area (Å²) < 4.78 is 26.2. The Bertz CT molecular complexity index is 1160. The maximum absolute atomic E-state index is 13.2. The Morgan fingerprint density at radius 3 is 2.77 bits per heavy atom. The molecule has 3 heterocycles. The number of hydrogen-bond acceptors (Lipinski definition) is 8. The van der Waals surface area contributed by atoms with Gasteiger partial charge in [0.1, 0.15) is 24.7 Å². The number of nitrogens with two attached hydrogens (primary N) is 1. The lowest BCUT2D eigenvalue weighted by atomic mass is 10.0. The summed E-state index contributed by atoms with van der Waals surface area (Å²) in [6, 6.07) is 5.58. The average Bonchev–Trinajstić information content (AvgIpc) is 3.18. The second kappa shape index (κ2) is 8.60. The number of ether oxygens (including phenoxy) is 2. The molecular weight excluding hydrogens is 403 g/mol. The van der Waals surface area contributed by atoms with Crippen molar-refractivity contribution in [3.05, 3.63) is 58.9 Å². The van der Waals surface area contributed by atoms with E-state index >= 15 is 0 Å². The van der Waals surface area contributed by atoms with E-state index in [1.807, 2.05) is 4.57 Å². The molecule has 0 saturated heterocycles. The number of carbonyl (C=O) groups is 1. The summed E-state index contributed by atoms with van der Waals surface area (Å²) >= 11 is 0. The van der Waals surface area contributed by atoms with Crippen LogP contribution < -0.4 is 10.5 Å². The summed E-state index contributed by atoms with van der Waals surface area (Å²) in [5.41, 5.74) is 8.37. The van der Waals surface area contributed by atoms with Crippen LogP contribution in [0.2, 0.25) is 0 Å². The Labute approximate surface area is 177 Å². The van der Waals surface area contributed by atoms with Gasteiger partial charge in [0.15, 0.2) is 17.4 Å². The molecule has 1 aliphatic rings. The third-order valence-electron chi connectivity index (χ3n) is 4.92. The van der Waals surface area contributed by atoms with Crippen molar-refractivity contribution in [1.29, 1.82) is 0 Å². The summed E-state index contributed by atoms with van der Waals surface area (Å²) in [5.74, 6) is 0.980. The molecule has 10 heteroatoms. The number of nitrogens with zero attached hydrogens (tertiary/aromatic N) is 5.